The average Bonchev–Trinajstić information content (AvgIpc) is 2.53. The van der Waals surface area contributed by atoms with E-state index in [9.17, 15) is 8.78 Å². The van der Waals surface area contributed by atoms with Crippen LogP contribution in [0.15, 0.2) is 24.3 Å². The highest BCUT2D eigenvalue weighted by Gasteiger charge is 2.25. The lowest BCUT2D eigenvalue weighted by molar-refractivity contribution is 0.306. The maximum atomic E-state index is 14.1. The van der Waals surface area contributed by atoms with E-state index in [1.54, 1.807) is 19.1 Å². The highest BCUT2D eigenvalue weighted by molar-refractivity contribution is 5.28. The second-order valence-corrected chi connectivity index (χ2v) is 6.65. The molecule has 0 aliphatic heterocycles. The number of aryl methyl sites for hydroxylation is 1. The topological polar surface area (TPSA) is 0 Å². The minimum atomic E-state index is -0.666. The van der Waals surface area contributed by atoms with Crippen LogP contribution in [0.2, 0.25) is 0 Å². The molecule has 0 radical (unpaired) electrons. The zero-order valence-corrected chi connectivity index (χ0v) is 13.9. The number of hydrogen-bond acceptors (Lipinski definition) is 0. The predicted molar refractivity (Wildman–Crippen MR) is 89.1 cm³/mol. The SMILES string of the molecule is CCCC=CCCC1CCC(c2ccc(C)c(F)c2F)CC1. The third-order valence-electron chi connectivity index (χ3n) is 4.96. The summed E-state index contributed by atoms with van der Waals surface area (Å²) in [5, 5.41) is 0. The molecular formula is C20H28F2. The summed E-state index contributed by atoms with van der Waals surface area (Å²) < 4.78 is 27.8. The highest BCUT2D eigenvalue weighted by Crippen LogP contribution is 2.39. The molecule has 1 aliphatic carbocycles. The molecule has 122 valence electrons. The third kappa shape index (κ3) is 4.41. The molecule has 0 spiro atoms. The molecule has 0 atom stereocenters. The first-order chi connectivity index (χ1) is 10.6. The Bertz CT molecular complexity index is 497. The summed E-state index contributed by atoms with van der Waals surface area (Å²) in [6, 6.07) is 3.49. The van der Waals surface area contributed by atoms with E-state index in [4.69, 9.17) is 0 Å². The summed E-state index contributed by atoms with van der Waals surface area (Å²) in [5.74, 6) is -0.338. The Morgan fingerprint density at radius 2 is 1.68 bits per heavy atom. The lowest BCUT2D eigenvalue weighted by Crippen LogP contribution is -2.15. The molecule has 22 heavy (non-hydrogen) atoms. The second-order valence-electron chi connectivity index (χ2n) is 6.65. The van der Waals surface area contributed by atoms with Crippen LogP contribution in [0.1, 0.15) is 75.3 Å². The zero-order chi connectivity index (χ0) is 15.9. The molecule has 1 aliphatic rings. The van der Waals surface area contributed by atoms with Crippen molar-refractivity contribution in [2.75, 3.05) is 0 Å². The number of hydrogen-bond donors (Lipinski definition) is 0. The van der Waals surface area contributed by atoms with Crippen LogP contribution in [0.3, 0.4) is 0 Å². The molecule has 0 nitrogen and oxygen atoms in total. The first kappa shape index (κ1) is 17.2. The van der Waals surface area contributed by atoms with Gasteiger partial charge in [-0.3, -0.25) is 0 Å². The quantitative estimate of drug-likeness (QED) is 0.514. The molecule has 0 unspecified atom stereocenters. The summed E-state index contributed by atoms with van der Waals surface area (Å²) in [5.41, 5.74) is 0.984. The first-order valence-corrected chi connectivity index (χ1v) is 8.73. The number of unbranched alkanes of at least 4 members (excludes halogenated alkanes) is 1. The molecule has 2 rings (SSSR count). The predicted octanol–water partition coefficient (Wildman–Crippen LogP) is 6.68. The van der Waals surface area contributed by atoms with E-state index in [1.807, 2.05) is 0 Å². The third-order valence-corrected chi connectivity index (χ3v) is 4.96. The van der Waals surface area contributed by atoms with E-state index in [-0.39, 0.29) is 5.92 Å². The maximum absolute atomic E-state index is 14.1. The van der Waals surface area contributed by atoms with Gasteiger partial charge in [-0.05, 0) is 74.8 Å². The fraction of sp³-hybridized carbons (Fsp3) is 0.600. The van der Waals surface area contributed by atoms with Crippen molar-refractivity contribution in [2.24, 2.45) is 5.92 Å². The molecule has 1 aromatic rings. The summed E-state index contributed by atoms with van der Waals surface area (Å²) in [6.07, 6.45) is 13.6. The Labute approximate surface area is 133 Å². The monoisotopic (exact) mass is 306 g/mol. The summed E-state index contributed by atoms with van der Waals surface area (Å²) in [7, 11) is 0. The van der Waals surface area contributed by atoms with Gasteiger partial charge in [0.15, 0.2) is 11.6 Å². The van der Waals surface area contributed by atoms with Crippen molar-refractivity contribution in [1.82, 2.24) is 0 Å². The van der Waals surface area contributed by atoms with Crippen molar-refractivity contribution in [3.8, 4) is 0 Å². The molecule has 2 heteroatoms. The number of halogens is 2. The number of rotatable bonds is 6. The average molecular weight is 306 g/mol. The zero-order valence-electron chi connectivity index (χ0n) is 13.9. The molecule has 1 aromatic carbocycles. The van der Waals surface area contributed by atoms with Crippen molar-refractivity contribution in [3.63, 3.8) is 0 Å². The van der Waals surface area contributed by atoms with Crippen LogP contribution in [0, 0.1) is 24.5 Å². The lowest BCUT2D eigenvalue weighted by Gasteiger charge is -2.29. The molecular weight excluding hydrogens is 278 g/mol. The Hall–Kier alpha value is -1.18. The molecule has 0 bridgehead atoms. The van der Waals surface area contributed by atoms with Crippen LogP contribution in [-0.2, 0) is 0 Å². The van der Waals surface area contributed by atoms with Crippen molar-refractivity contribution in [3.05, 3.63) is 47.0 Å². The van der Waals surface area contributed by atoms with Crippen molar-refractivity contribution < 1.29 is 8.78 Å². The fourth-order valence-electron chi connectivity index (χ4n) is 3.47. The van der Waals surface area contributed by atoms with Crippen LogP contribution in [-0.4, -0.2) is 0 Å². The summed E-state index contributed by atoms with van der Waals surface area (Å²) in [4.78, 5) is 0. The van der Waals surface area contributed by atoms with Gasteiger partial charge in [-0.25, -0.2) is 8.78 Å². The van der Waals surface area contributed by atoms with Gasteiger partial charge in [0.2, 0.25) is 0 Å². The van der Waals surface area contributed by atoms with Gasteiger partial charge in [0.25, 0.3) is 0 Å². The Morgan fingerprint density at radius 1 is 1.00 bits per heavy atom. The van der Waals surface area contributed by atoms with Crippen LogP contribution in [0.5, 0.6) is 0 Å². The minimum Gasteiger partial charge on any atom is -0.203 e. The van der Waals surface area contributed by atoms with Gasteiger partial charge in [-0.2, -0.15) is 0 Å². The number of allylic oxidation sites excluding steroid dienone is 2. The minimum absolute atomic E-state index is 0.196. The van der Waals surface area contributed by atoms with E-state index in [2.05, 4.69) is 19.1 Å². The fourth-order valence-corrected chi connectivity index (χ4v) is 3.47. The van der Waals surface area contributed by atoms with E-state index in [1.165, 1.54) is 19.3 Å². The van der Waals surface area contributed by atoms with Crippen LogP contribution in [0.25, 0.3) is 0 Å². The van der Waals surface area contributed by atoms with E-state index >= 15 is 0 Å². The van der Waals surface area contributed by atoms with Gasteiger partial charge in [0, 0.05) is 0 Å². The van der Waals surface area contributed by atoms with Crippen LogP contribution < -0.4 is 0 Å². The molecule has 0 saturated heterocycles. The van der Waals surface area contributed by atoms with Crippen molar-refractivity contribution >= 4 is 0 Å². The Balaban J connectivity index is 1.83. The molecule has 0 amide bonds. The molecule has 1 fully saturated rings. The van der Waals surface area contributed by atoms with Crippen LogP contribution >= 0.6 is 0 Å². The number of benzene rings is 1. The molecule has 0 N–H and O–H groups in total. The van der Waals surface area contributed by atoms with E-state index in [0.29, 0.717) is 11.1 Å². The van der Waals surface area contributed by atoms with Gasteiger partial charge < -0.3 is 0 Å². The first-order valence-electron chi connectivity index (χ1n) is 8.73. The van der Waals surface area contributed by atoms with Crippen molar-refractivity contribution in [2.45, 2.75) is 71.1 Å². The van der Waals surface area contributed by atoms with Gasteiger partial charge in [-0.15, -0.1) is 0 Å². The molecule has 1 saturated carbocycles. The maximum Gasteiger partial charge on any atom is 0.162 e. The second kappa shape index (κ2) is 8.45. The van der Waals surface area contributed by atoms with Crippen LogP contribution in [0.4, 0.5) is 8.78 Å². The Morgan fingerprint density at radius 3 is 2.36 bits per heavy atom. The van der Waals surface area contributed by atoms with Gasteiger partial charge in [0.1, 0.15) is 0 Å². The van der Waals surface area contributed by atoms with E-state index in [0.717, 1.165) is 38.0 Å². The van der Waals surface area contributed by atoms with Gasteiger partial charge in [0.05, 0.1) is 0 Å². The molecule has 0 aromatic heterocycles. The Kier molecular flexibility index (Phi) is 6.60. The highest BCUT2D eigenvalue weighted by atomic mass is 19.2. The molecule has 0 heterocycles. The van der Waals surface area contributed by atoms with Crippen molar-refractivity contribution in [1.29, 1.82) is 0 Å². The van der Waals surface area contributed by atoms with Gasteiger partial charge in [-0.1, -0.05) is 37.6 Å². The summed E-state index contributed by atoms with van der Waals surface area (Å²) in [6.45, 7) is 3.81. The van der Waals surface area contributed by atoms with Gasteiger partial charge >= 0.3 is 0 Å². The lowest BCUT2D eigenvalue weighted by atomic mass is 9.77. The smallest absolute Gasteiger partial charge is 0.162 e. The summed E-state index contributed by atoms with van der Waals surface area (Å²) >= 11 is 0. The standard InChI is InChI=1S/C20H28F2/c1-3-4-5-6-7-8-16-10-12-17(13-11-16)18-14-9-15(2)19(21)20(18)22/h5-6,9,14,16-17H,3-4,7-8,10-13H2,1-2H3. The normalized spacial score (nSPS) is 22.4. The van der Waals surface area contributed by atoms with E-state index < -0.39 is 11.6 Å². The largest absolute Gasteiger partial charge is 0.203 e.